The van der Waals surface area contributed by atoms with Gasteiger partial charge in [0.1, 0.15) is 5.82 Å². The standard InChI is InChI=1S/C25H25FN2O3/c1-16-6-2-4-8-21(16)28-24(29)15-31-25(30)20-14-23(17-10-12-18(26)13-11-17)27-22-9-5-3-7-19(20)22/h3,5,7,9-14,16,21H,2,4,6,8,15H2,1H3,(H,28,29)/t16-,21+/m0/s1. The van der Waals surface area contributed by atoms with E-state index in [0.717, 1.165) is 19.3 Å². The van der Waals surface area contributed by atoms with Crippen molar-refractivity contribution in [2.24, 2.45) is 5.92 Å². The molecule has 1 aromatic heterocycles. The van der Waals surface area contributed by atoms with Gasteiger partial charge in [-0.15, -0.1) is 0 Å². The van der Waals surface area contributed by atoms with Crippen molar-refractivity contribution in [1.29, 1.82) is 0 Å². The van der Waals surface area contributed by atoms with E-state index in [1.165, 1.54) is 18.6 Å². The van der Waals surface area contributed by atoms with Gasteiger partial charge in [0, 0.05) is 17.0 Å². The van der Waals surface area contributed by atoms with Crippen molar-refractivity contribution in [2.45, 2.75) is 38.6 Å². The highest BCUT2D eigenvalue weighted by Crippen LogP contribution is 2.26. The van der Waals surface area contributed by atoms with Crippen LogP contribution in [0.3, 0.4) is 0 Å². The normalized spacial score (nSPS) is 18.5. The third-order valence-electron chi connectivity index (χ3n) is 5.87. The zero-order valence-electron chi connectivity index (χ0n) is 17.4. The number of halogens is 1. The molecule has 4 rings (SSSR count). The number of para-hydroxylation sites is 1. The Bertz CT molecular complexity index is 1100. The van der Waals surface area contributed by atoms with E-state index in [-0.39, 0.29) is 24.4 Å². The van der Waals surface area contributed by atoms with E-state index in [1.807, 2.05) is 12.1 Å². The Morgan fingerprint density at radius 3 is 2.61 bits per heavy atom. The van der Waals surface area contributed by atoms with E-state index in [1.54, 1.807) is 30.3 Å². The molecule has 2 atom stereocenters. The molecule has 5 nitrogen and oxygen atoms in total. The zero-order valence-corrected chi connectivity index (χ0v) is 17.4. The number of hydrogen-bond donors (Lipinski definition) is 1. The van der Waals surface area contributed by atoms with E-state index in [2.05, 4.69) is 17.2 Å². The van der Waals surface area contributed by atoms with Gasteiger partial charge in [-0.2, -0.15) is 0 Å². The summed E-state index contributed by atoms with van der Waals surface area (Å²) >= 11 is 0. The number of nitrogens with zero attached hydrogens (tertiary/aromatic N) is 1. The Hall–Kier alpha value is -3.28. The second kappa shape index (κ2) is 9.25. The van der Waals surface area contributed by atoms with Gasteiger partial charge in [-0.05, 0) is 55.2 Å². The molecule has 1 saturated carbocycles. The molecule has 3 aromatic rings. The van der Waals surface area contributed by atoms with Gasteiger partial charge in [0.05, 0.1) is 16.8 Å². The molecule has 0 saturated heterocycles. The van der Waals surface area contributed by atoms with Gasteiger partial charge in [0.2, 0.25) is 0 Å². The predicted octanol–water partition coefficient (Wildman–Crippen LogP) is 4.89. The molecular formula is C25H25FN2O3. The van der Waals surface area contributed by atoms with E-state index in [9.17, 15) is 14.0 Å². The molecular weight excluding hydrogens is 395 g/mol. The number of pyridine rings is 1. The van der Waals surface area contributed by atoms with Crippen molar-refractivity contribution in [3.8, 4) is 11.3 Å². The Labute approximate surface area is 180 Å². The molecule has 0 unspecified atom stereocenters. The Kier molecular flexibility index (Phi) is 6.26. The molecule has 0 radical (unpaired) electrons. The molecule has 1 amide bonds. The Morgan fingerprint density at radius 2 is 1.84 bits per heavy atom. The minimum atomic E-state index is -0.589. The first-order valence-electron chi connectivity index (χ1n) is 10.6. The van der Waals surface area contributed by atoms with Gasteiger partial charge < -0.3 is 10.1 Å². The molecule has 160 valence electrons. The van der Waals surface area contributed by atoms with Gasteiger partial charge in [0.25, 0.3) is 5.91 Å². The summed E-state index contributed by atoms with van der Waals surface area (Å²) in [6, 6.07) is 14.9. The number of carbonyl (C=O) groups excluding carboxylic acids is 2. The average molecular weight is 420 g/mol. The fraction of sp³-hybridized carbons (Fsp3) is 0.320. The maximum absolute atomic E-state index is 13.3. The fourth-order valence-corrected chi connectivity index (χ4v) is 4.10. The number of esters is 1. The minimum Gasteiger partial charge on any atom is -0.452 e. The van der Waals surface area contributed by atoms with Crippen LogP contribution in [0.1, 0.15) is 43.0 Å². The zero-order chi connectivity index (χ0) is 21.8. The van der Waals surface area contributed by atoms with Crippen LogP contribution in [-0.4, -0.2) is 29.5 Å². The van der Waals surface area contributed by atoms with Crippen molar-refractivity contribution in [2.75, 3.05) is 6.61 Å². The van der Waals surface area contributed by atoms with Crippen LogP contribution in [0.4, 0.5) is 4.39 Å². The number of rotatable bonds is 5. The smallest absolute Gasteiger partial charge is 0.339 e. The van der Waals surface area contributed by atoms with Crippen LogP contribution in [0.2, 0.25) is 0 Å². The monoisotopic (exact) mass is 420 g/mol. The van der Waals surface area contributed by atoms with Crippen molar-refractivity contribution in [3.63, 3.8) is 0 Å². The molecule has 6 heteroatoms. The first-order chi connectivity index (χ1) is 15.0. The van der Waals surface area contributed by atoms with Crippen LogP contribution < -0.4 is 5.32 Å². The quantitative estimate of drug-likeness (QED) is 0.597. The Balaban J connectivity index is 1.52. The number of benzene rings is 2. The van der Waals surface area contributed by atoms with Gasteiger partial charge in [-0.25, -0.2) is 14.2 Å². The van der Waals surface area contributed by atoms with E-state index in [0.29, 0.717) is 33.6 Å². The summed E-state index contributed by atoms with van der Waals surface area (Å²) in [5, 5.41) is 3.63. The maximum Gasteiger partial charge on any atom is 0.339 e. The number of hydrogen-bond acceptors (Lipinski definition) is 4. The summed E-state index contributed by atoms with van der Waals surface area (Å²) < 4.78 is 18.6. The molecule has 0 bridgehead atoms. The third-order valence-corrected chi connectivity index (χ3v) is 5.87. The summed E-state index contributed by atoms with van der Waals surface area (Å²) in [5.41, 5.74) is 2.16. The van der Waals surface area contributed by atoms with Gasteiger partial charge in [-0.3, -0.25) is 4.79 Å². The highest BCUT2D eigenvalue weighted by atomic mass is 19.1. The summed E-state index contributed by atoms with van der Waals surface area (Å²) in [4.78, 5) is 29.8. The fourth-order valence-electron chi connectivity index (χ4n) is 4.10. The minimum absolute atomic E-state index is 0.131. The first-order valence-corrected chi connectivity index (χ1v) is 10.6. The SMILES string of the molecule is C[C@H]1CCCC[C@H]1NC(=O)COC(=O)c1cc(-c2ccc(F)cc2)nc2ccccc12. The molecule has 31 heavy (non-hydrogen) atoms. The topological polar surface area (TPSA) is 68.3 Å². The number of nitrogens with one attached hydrogen (secondary N) is 1. The third kappa shape index (κ3) is 4.90. The molecule has 1 heterocycles. The summed E-state index contributed by atoms with van der Waals surface area (Å²) in [7, 11) is 0. The van der Waals surface area contributed by atoms with Crippen molar-refractivity contribution in [3.05, 3.63) is 66.0 Å². The second-order valence-electron chi connectivity index (χ2n) is 8.09. The predicted molar refractivity (Wildman–Crippen MR) is 117 cm³/mol. The highest BCUT2D eigenvalue weighted by molar-refractivity contribution is 6.05. The van der Waals surface area contributed by atoms with Crippen LogP contribution in [-0.2, 0) is 9.53 Å². The lowest BCUT2D eigenvalue weighted by Gasteiger charge is -2.29. The molecule has 1 aliphatic rings. The van der Waals surface area contributed by atoms with Crippen molar-refractivity contribution >= 4 is 22.8 Å². The largest absolute Gasteiger partial charge is 0.452 e. The van der Waals surface area contributed by atoms with Gasteiger partial charge in [0.15, 0.2) is 6.61 Å². The molecule has 1 N–H and O–H groups in total. The number of carbonyl (C=O) groups is 2. The van der Waals surface area contributed by atoms with E-state index in [4.69, 9.17) is 4.74 Å². The molecule has 1 fully saturated rings. The average Bonchev–Trinajstić information content (AvgIpc) is 2.79. The lowest BCUT2D eigenvalue weighted by Crippen LogP contribution is -2.42. The van der Waals surface area contributed by atoms with Crippen LogP contribution in [0.15, 0.2) is 54.6 Å². The highest BCUT2D eigenvalue weighted by Gasteiger charge is 2.23. The number of fused-ring (bicyclic) bond motifs is 1. The summed E-state index contributed by atoms with van der Waals surface area (Å²) in [6.45, 7) is 1.81. The van der Waals surface area contributed by atoms with Gasteiger partial charge in [-0.1, -0.05) is 38.0 Å². The van der Waals surface area contributed by atoms with Crippen LogP contribution >= 0.6 is 0 Å². The summed E-state index contributed by atoms with van der Waals surface area (Å²) in [6.07, 6.45) is 4.34. The van der Waals surface area contributed by atoms with E-state index >= 15 is 0 Å². The van der Waals surface area contributed by atoms with Crippen LogP contribution in [0, 0.1) is 11.7 Å². The maximum atomic E-state index is 13.3. The summed E-state index contributed by atoms with van der Waals surface area (Å²) in [5.74, 6) is -0.795. The van der Waals surface area contributed by atoms with Crippen molar-refractivity contribution < 1.29 is 18.7 Å². The Morgan fingerprint density at radius 1 is 1.10 bits per heavy atom. The lowest BCUT2D eigenvalue weighted by atomic mass is 9.86. The molecule has 2 aromatic carbocycles. The number of aromatic nitrogens is 1. The van der Waals surface area contributed by atoms with Crippen molar-refractivity contribution in [1.82, 2.24) is 10.3 Å². The van der Waals surface area contributed by atoms with Crippen LogP contribution in [0.25, 0.3) is 22.2 Å². The second-order valence-corrected chi connectivity index (χ2v) is 8.09. The molecule has 0 spiro atoms. The first kappa shape index (κ1) is 21.0. The molecule has 0 aliphatic heterocycles. The van der Waals surface area contributed by atoms with E-state index < -0.39 is 5.97 Å². The lowest BCUT2D eigenvalue weighted by molar-refractivity contribution is -0.125. The van der Waals surface area contributed by atoms with Crippen LogP contribution in [0.5, 0.6) is 0 Å². The number of ether oxygens (including phenoxy) is 1. The molecule has 1 aliphatic carbocycles. The number of amides is 1. The van der Waals surface area contributed by atoms with Gasteiger partial charge >= 0.3 is 5.97 Å².